The molecule has 0 amide bonds. The topological polar surface area (TPSA) is 59.8 Å². The van der Waals surface area contributed by atoms with Gasteiger partial charge in [-0.3, -0.25) is 4.99 Å². The van der Waals surface area contributed by atoms with E-state index >= 15 is 0 Å². The van der Waals surface area contributed by atoms with Crippen LogP contribution in [-0.4, -0.2) is 43.9 Å². The Morgan fingerprint density at radius 1 is 1.12 bits per heavy atom. The molecule has 0 spiro atoms. The lowest BCUT2D eigenvalue weighted by Crippen LogP contribution is -2.42. The van der Waals surface area contributed by atoms with Crippen LogP contribution in [0.3, 0.4) is 0 Å². The lowest BCUT2D eigenvalue weighted by molar-refractivity contribution is 0.213. The normalized spacial score (nSPS) is 12.5. The van der Waals surface area contributed by atoms with Gasteiger partial charge in [0.15, 0.2) is 17.5 Å². The number of nitrogens with one attached hydrogen (secondary N) is 2. The molecule has 6 heteroatoms. The minimum atomic E-state index is -0.0238. The highest BCUT2D eigenvalue weighted by Crippen LogP contribution is 2.26. The van der Waals surface area contributed by atoms with Crippen molar-refractivity contribution >= 4 is 5.96 Å². The SMILES string of the molecule is CN=C(NCCn1cccc1)NCC(C)Oc1ccccc1OC. The van der Waals surface area contributed by atoms with E-state index in [9.17, 15) is 0 Å². The van der Waals surface area contributed by atoms with E-state index in [4.69, 9.17) is 9.47 Å². The molecule has 1 aromatic heterocycles. The first-order valence-electron chi connectivity index (χ1n) is 8.08. The van der Waals surface area contributed by atoms with Crippen molar-refractivity contribution < 1.29 is 9.47 Å². The summed E-state index contributed by atoms with van der Waals surface area (Å²) in [7, 11) is 3.40. The Balaban J connectivity index is 1.73. The summed E-state index contributed by atoms with van der Waals surface area (Å²) in [5, 5.41) is 6.56. The summed E-state index contributed by atoms with van der Waals surface area (Å²) in [5.74, 6) is 2.24. The fourth-order valence-corrected chi connectivity index (χ4v) is 2.26. The van der Waals surface area contributed by atoms with Gasteiger partial charge in [0.25, 0.3) is 0 Å². The van der Waals surface area contributed by atoms with Crippen molar-refractivity contribution in [3.63, 3.8) is 0 Å². The van der Waals surface area contributed by atoms with Crippen LogP contribution < -0.4 is 20.1 Å². The van der Waals surface area contributed by atoms with Gasteiger partial charge >= 0.3 is 0 Å². The highest BCUT2D eigenvalue weighted by molar-refractivity contribution is 5.79. The van der Waals surface area contributed by atoms with E-state index in [2.05, 4.69) is 20.2 Å². The fourth-order valence-electron chi connectivity index (χ4n) is 2.26. The van der Waals surface area contributed by atoms with E-state index in [1.165, 1.54) is 0 Å². The number of methoxy groups -OCH3 is 1. The Bertz CT molecular complexity index is 626. The molecule has 0 aliphatic heterocycles. The van der Waals surface area contributed by atoms with Gasteiger partial charge in [0.05, 0.1) is 13.7 Å². The Kier molecular flexibility index (Phi) is 7.01. The molecule has 2 rings (SSSR count). The lowest BCUT2D eigenvalue weighted by atomic mass is 10.3. The van der Waals surface area contributed by atoms with E-state index in [1.54, 1.807) is 14.2 Å². The summed E-state index contributed by atoms with van der Waals surface area (Å²) in [6.45, 7) is 4.34. The zero-order valence-corrected chi connectivity index (χ0v) is 14.5. The molecule has 1 unspecified atom stereocenters. The maximum atomic E-state index is 5.92. The lowest BCUT2D eigenvalue weighted by Gasteiger charge is -2.19. The second kappa shape index (κ2) is 9.50. The first-order valence-corrected chi connectivity index (χ1v) is 8.08. The molecule has 0 aliphatic carbocycles. The number of aliphatic imine (C=N–C) groups is 1. The fraction of sp³-hybridized carbons (Fsp3) is 0.389. The largest absolute Gasteiger partial charge is 0.493 e. The summed E-state index contributed by atoms with van der Waals surface area (Å²) in [5.41, 5.74) is 0. The van der Waals surface area contributed by atoms with Gasteiger partial charge in [-0.25, -0.2) is 0 Å². The van der Waals surface area contributed by atoms with Crippen molar-refractivity contribution in [2.24, 2.45) is 4.99 Å². The van der Waals surface area contributed by atoms with Crippen molar-refractivity contribution in [2.45, 2.75) is 19.6 Å². The van der Waals surface area contributed by atoms with E-state index in [0.29, 0.717) is 6.54 Å². The Morgan fingerprint density at radius 2 is 1.83 bits per heavy atom. The summed E-state index contributed by atoms with van der Waals surface area (Å²) in [4.78, 5) is 4.22. The molecule has 0 fully saturated rings. The van der Waals surface area contributed by atoms with Crippen LogP contribution in [0, 0.1) is 0 Å². The molecule has 0 radical (unpaired) electrons. The van der Waals surface area contributed by atoms with Gasteiger partial charge in [-0.15, -0.1) is 0 Å². The second-order valence-corrected chi connectivity index (χ2v) is 5.38. The maximum absolute atomic E-state index is 5.92. The number of guanidine groups is 1. The number of nitrogens with zero attached hydrogens (tertiary/aromatic N) is 2. The van der Waals surface area contributed by atoms with E-state index in [1.807, 2.05) is 55.7 Å². The predicted molar refractivity (Wildman–Crippen MR) is 96.9 cm³/mol. The zero-order chi connectivity index (χ0) is 17.2. The first kappa shape index (κ1) is 17.7. The summed E-state index contributed by atoms with van der Waals surface area (Å²) in [6.07, 6.45) is 4.06. The van der Waals surface area contributed by atoms with E-state index in [0.717, 1.165) is 30.5 Å². The monoisotopic (exact) mass is 330 g/mol. The number of hydrogen-bond acceptors (Lipinski definition) is 3. The highest BCUT2D eigenvalue weighted by Gasteiger charge is 2.09. The van der Waals surface area contributed by atoms with Crippen LogP contribution in [0.25, 0.3) is 0 Å². The minimum absolute atomic E-state index is 0.0238. The van der Waals surface area contributed by atoms with E-state index < -0.39 is 0 Å². The second-order valence-electron chi connectivity index (χ2n) is 5.38. The van der Waals surface area contributed by atoms with Crippen molar-refractivity contribution in [2.75, 3.05) is 27.2 Å². The number of benzene rings is 1. The molecule has 2 aromatic rings. The molecular weight excluding hydrogens is 304 g/mol. The van der Waals surface area contributed by atoms with Gasteiger partial charge in [-0.1, -0.05) is 12.1 Å². The number of hydrogen-bond donors (Lipinski definition) is 2. The molecule has 1 heterocycles. The van der Waals surface area contributed by atoms with Crippen LogP contribution in [0.5, 0.6) is 11.5 Å². The molecule has 2 N–H and O–H groups in total. The van der Waals surface area contributed by atoms with Crippen molar-refractivity contribution in [3.8, 4) is 11.5 Å². The summed E-state index contributed by atoms with van der Waals surface area (Å²) in [6, 6.07) is 11.7. The Hall–Kier alpha value is -2.63. The molecule has 0 bridgehead atoms. The molecular formula is C18H26N4O2. The molecule has 130 valence electrons. The van der Waals surface area contributed by atoms with Gasteiger partial charge in [0.1, 0.15) is 6.10 Å². The molecule has 0 saturated carbocycles. The summed E-state index contributed by atoms with van der Waals surface area (Å²) >= 11 is 0. The predicted octanol–water partition coefficient (Wildman–Crippen LogP) is 2.13. The number of para-hydroxylation sites is 2. The van der Waals surface area contributed by atoms with Crippen molar-refractivity contribution in [1.29, 1.82) is 0 Å². The average Bonchev–Trinajstić information content (AvgIpc) is 3.11. The molecule has 0 saturated heterocycles. The van der Waals surface area contributed by atoms with Gasteiger partial charge in [-0.05, 0) is 31.2 Å². The van der Waals surface area contributed by atoms with Crippen LogP contribution in [0.1, 0.15) is 6.92 Å². The third-order valence-corrected chi connectivity index (χ3v) is 3.51. The van der Waals surface area contributed by atoms with E-state index in [-0.39, 0.29) is 6.10 Å². The third-order valence-electron chi connectivity index (χ3n) is 3.51. The van der Waals surface area contributed by atoms with Gasteiger partial charge in [-0.2, -0.15) is 0 Å². The van der Waals surface area contributed by atoms with Crippen LogP contribution >= 0.6 is 0 Å². The van der Waals surface area contributed by atoms with Gasteiger partial charge in [0.2, 0.25) is 0 Å². The smallest absolute Gasteiger partial charge is 0.191 e. The summed E-state index contributed by atoms with van der Waals surface area (Å²) < 4.78 is 13.3. The van der Waals surface area contributed by atoms with Crippen LogP contribution in [0.2, 0.25) is 0 Å². The highest BCUT2D eigenvalue weighted by atomic mass is 16.5. The Morgan fingerprint density at radius 3 is 2.50 bits per heavy atom. The quantitative estimate of drug-likeness (QED) is 0.575. The molecule has 1 aromatic carbocycles. The van der Waals surface area contributed by atoms with Crippen molar-refractivity contribution in [1.82, 2.24) is 15.2 Å². The van der Waals surface area contributed by atoms with Crippen LogP contribution in [0.4, 0.5) is 0 Å². The van der Waals surface area contributed by atoms with Crippen LogP contribution in [0.15, 0.2) is 53.8 Å². The third kappa shape index (κ3) is 5.53. The first-order chi connectivity index (χ1) is 11.7. The Labute approximate surface area is 143 Å². The molecule has 1 atom stereocenters. The van der Waals surface area contributed by atoms with Gasteiger partial charge < -0.3 is 24.7 Å². The molecule has 6 nitrogen and oxygen atoms in total. The minimum Gasteiger partial charge on any atom is -0.493 e. The molecule has 24 heavy (non-hydrogen) atoms. The molecule has 0 aliphatic rings. The number of rotatable bonds is 8. The number of aromatic nitrogens is 1. The average molecular weight is 330 g/mol. The van der Waals surface area contributed by atoms with Crippen LogP contribution in [-0.2, 0) is 6.54 Å². The zero-order valence-electron chi connectivity index (χ0n) is 14.5. The maximum Gasteiger partial charge on any atom is 0.191 e. The van der Waals surface area contributed by atoms with Crippen molar-refractivity contribution in [3.05, 3.63) is 48.8 Å². The standard InChI is InChI=1S/C18H26N4O2/c1-15(24-17-9-5-4-8-16(17)23-3)14-21-18(19-2)20-10-13-22-11-6-7-12-22/h4-9,11-12,15H,10,13-14H2,1-3H3,(H2,19,20,21). The van der Waals surface area contributed by atoms with Gasteiger partial charge in [0, 0.05) is 32.5 Å². The number of ether oxygens (including phenoxy) is 2.